The van der Waals surface area contributed by atoms with Gasteiger partial charge in [0.05, 0.1) is 5.41 Å². The molecular weight excluding hydrogens is 260 g/mol. The van der Waals surface area contributed by atoms with Crippen LogP contribution in [-0.2, 0) is 4.79 Å². The molecule has 3 atom stereocenters. The van der Waals surface area contributed by atoms with Gasteiger partial charge in [-0.05, 0) is 63.5 Å². The highest BCUT2D eigenvalue weighted by Crippen LogP contribution is 2.42. The van der Waals surface area contributed by atoms with Gasteiger partial charge in [-0.3, -0.25) is 4.79 Å². The van der Waals surface area contributed by atoms with Gasteiger partial charge in [0.25, 0.3) is 0 Å². The summed E-state index contributed by atoms with van der Waals surface area (Å²) in [6.07, 6.45) is 9.57. The molecule has 0 radical (unpaired) electrons. The number of piperidine rings is 2. The Labute approximate surface area is 129 Å². The van der Waals surface area contributed by atoms with Crippen LogP contribution < -0.4 is 5.32 Å². The Morgan fingerprint density at radius 3 is 2.62 bits per heavy atom. The molecular formula is C18H32N2O. The normalized spacial score (nSPS) is 36.1. The summed E-state index contributed by atoms with van der Waals surface area (Å²) < 4.78 is 0. The first-order valence-corrected chi connectivity index (χ1v) is 9.20. The zero-order chi connectivity index (χ0) is 14.9. The topological polar surface area (TPSA) is 32.3 Å². The summed E-state index contributed by atoms with van der Waals surface area (Å²) in [5.74, 6) is 2.08. The Balaban J connectivity index is 1.79. The van der Waals surface area contributed by atoms with Gasteiger partial charge in [-0.25, -0.2) is 0 Å². The largest absolute Gasteiger partial charge is 0.339 e. The number of nitrogens with one attached hydrogen (secondary N) is 1. The van der Waals surface area contributed by atoms with Crippen LogP contribution in [0.15, 0.2) is 0 Å². The van der Waals surface area contributed by atoms with Crippen LogP contribution in [0.3, 0.4) is 0 Å². The molecule has 2 heterocycles. The van der Waals surface area contributed by atoms with Crippen LogP contribution in [0.1, 0.15) is 65.2 Å². The third-order valence-electron chi connectivity index (χ3n) is 6.69. The summed E-state index contributed by atoms with van der Waals surface area (Å²) in [7, 11) is 0. The highest BCUT2D eigenvalue weighted by molar-refractivity contribution is 5.83. The van der Waals surface area contributed by atoms with Gasteiger partial charge in [-0.2, -0.15) is 0 Å². The van der Waals surface area contributed by atoms with Crippen molar-refractivity contribution in [3.05, 3.63) is 0 Å². The maximum absolute atomic E-state index is 13.4. The van der Waals surface area contributed by atoms with E-state index in [1.807, 2.05) is 0 Å². The minimum Gasteiger partial charge on any atom is -0.339 e. The fourth-order valence-corrected chi connectivity index (χ4v) is 5.09. The van der Waals surface area contributed by atoms with Gasteiger partial charge >= 0.3 is 0 Å². The molecule has 1 saturated carbocycles. The minimum absolute atomic E-state index is 0.0617. The lowest BCUT2D eigenvalue weighted by Crippen LogP contribution is -2.58. The maximum Gasteiger partial charge on any atom is 0.229 e. The number of nitrogens with zero attached hydrogens (tertiary/aromatic N) is 1. The number of rotatable bonds is 2. The number of fused-ring (bicyclic) bond motifs is 1. The van der Waals surface area contributed by atoms with Crippen molar-refractivity contribution in [2.75, 3.05) is 19.6 Å². The Morgan fingerprint density at radius 1 is 1.19 bits per heavy atom. The molecule has 0 bridgehead atoms. The smallest absolute Gasteiger partial charge is 0.229 e. The first-order chi connectivity index (χ1) is 10.2. The molecule has 120 valence electrons. The summed E-state index contributed by atoms with van der Waals surface area (Å²) in [6.45, 7) is 7.66. The molecule has 1 N–H and O–H groups in total. The predicted octanol–water partition coefficient (Wildman–Crippen LogP) is 3.19. The molecule has 2 aliphatic heterocycles. The molecule has 3 unspecified atom stereocenters. The Kier molecular flexibility index (Phi) is 4.58. The van der Waals surface area contributed by atoms with E-state index in [-0.39, 0.29) is 5.41 Å². The summed E-state index contributed by atoms with van der Waals surface area (Å²) in [5, 5.41) is 3.42. The van der Waals surface area contributed by atoms with Crippen LogP contribution in [0.25, 0.3) is 0 Å². The standard InChI is InChI=1S/C18H32N2O/c1-3-18(9-11-19-12-10-18)17(21)20-13-8-14(2)15-6-4-5-7-16(15)20/h14-16,19H,3-13H2,1-2H3. The molecule has 21 heavy (non-hydrogen) atoms. The van der Waals surface area contributed by atoms with E-state index in [1.54, 1.807) is 0 Å². The predicted molar refractivity (Wildman–Crippen MR) is 86.1 cm³/mol. The molecule has 3 aliphatic rings. The average Bonchev–Trinajstić information content (AvgIpc) is 2.55. The summed E-state index contributed by atoms with van der Waals surface area (Å²) in [6, 6.07) is 0.549. The van der Waals surface area contributed by atoms with E-state index in [1.165, 1.54) is 32.1 Å². The number of carbonyl (C=O) groups excluding carboxylic acids is 1. The summed E-state index contributed by atoms with van der Waals surface area (Å²) in [5.41, 5.74) is -0.0617. The zero-order valence-electron chi connectivity index (χ0n) is 13.9. The SMILES string of the molecule is CCC1(C(=O)N2CCC(C)C3CCCCC32)CCNCC1. The Hall–Kier alpha value is -0.570. The molecule has 1 amide bonds. The monoisotopic (exact) mass is 292 g/mol. The second-order valence-corrected chi connectivity index (χ2v) is 7.66. The second kappa shape index (κ2) is 6.28. The third kappa shape index (κ3) is 2.74. The number of hydrogen-bond acceptors (Lipinski definition) is 2. The van der Waals surface area contributed by atoms with Crippen molar-refractivity contribution in [3.8, 4) is 0 Å². The van der Waals surface area contributed by atoms with Crippen molar-refractivity contribution in [1.29, 1.82) is 0 Å². The maximum atomic E-state index is 13.4. The first kappa shape index (κ1) is 15.3. The van der Waals surface area contributed by atoms with Crippen LogP contribution in [0, 0.1) is 17.3 Å². The number of amides is 1. The summed E-state index contributed by atoms with van der Waals surface area (Å²) in [4.78, 5) is 15.7. The van der Waals surface area contributed by atoms with Gasteiger partial charge in [-0.1, -0.05) is 26.7 Å². The Morgan fingerprint density at radius 2 is 1.90 bits per heavy atom. The fraction of sp³-hybridized carbons (Fsp3) is 0.944. The quantitative estimate of drug-likeness (QED) is 0.847. The van der Waals surface area contributed by atoms with Crippen molar-refractivity contribution in [1.82, 2.24) is 10.2 Å². The zero-order valence-corrected chi connectivity index (χ0v) is 13.9. The van der Waals surface area contributed by atoms with Gasteiger partial charge in [0.1, 0.15) is 0 Å². The molecule has 0 spiro atoms. The van der Waals surface area contributed by atoms with Crippen molar-refractivity contribution in [2.24, 2.45) is 17.3 Å². The van der Waals surface area contributed by atoms with Gasteiger partial charge < -0.3 is 10.2 Å². The lowest BCUT2D eigenvalue weighted by Gasteiger charge is -2.50. The van der Waals surface area contributed by atoms with E-state index in [4.69, 9.17) is 0 Å². The van der Waals surface area contributed by atoms with Crippen molar-refractivity contribution >= 4 is 5.91 Å². The van der Waals surface area contributed by atoms with E-state index >= 15 is 0 Å². The molecule has 3 nitrogen and oxygen atoms in total. The fourth-order valence-electron chi connectivity index (χ4n) is 5.09. The van der Waals surface area contributed by atoms with E-state index in [0.717, 1.165) is 50.7 Å². The van der Waals surface area contributed by atoms with Crippen molar-refractivity contribution < 1.29 is 4.79 Å². The number of likely N-dealkylation sites (tertiary alicyclic amines) is 1. The highest BCUT2D eigenvalue weighted by Gasteiger charge is 2.46. The number of carbonyl (C=O) groups is 1. The lowest BCUT2D eigenvalue weighted by atomic mass is 9.70. The van der Waals surface area contributed by atoms with E-state index in [0.29, 0.717) is 11.9 Å². The molecule has 0 aromatic carbocycles. The number of hydrogen-bond donors (Lipinski definition) is 1. The first-order valence-electron chi connectivity index (χ1n) is 9.20. The van der Waals surface area contributed by atoms with E-state index in [9.17, 15) is 4.79 Å². The van der Waals surface area contributed by atoms with Gasteiger partial charge in [0.2, 0.25) is 5.91 Å². The molecule has 2 saturated heterocycles. The van der Waals surface area contributed by atoms with Crippen LogP contribution in [0.2, 0.25) is 0 Å². The molecule has 3 heteroatoms. The highest BCUT2D eigenvalue weighted by atomic mass is 16.2. The van der Waals surface area contributed by atoms with Crippen LogP contribution in [-0.4, -0.2) is 36.5 Å². The van der Waals surface area contributed by atoms with E-state index < -0.39 is 0 Å². The molecule has 0 aromatic rings. The summed E-state index contributed by atoms with van der Waals surface area (Å²) >= 11 is 0. The van der Waals surface area contributed by atoms with Gasteiger partial charge in [0, 0.05) is 12.6 Å². The average molecular weight is 292 g/mol. The Bertz CT molecular complexity index is 375. The minimum atomic E-state index is -0.0617. The van der Waals surface area contributed by atoms with Gasteiger partial charge in [0.15, 0.2) is 0 Å². The second-order valence-electron chi connectivity index (χ2n) is 7.66. The molecule has 3 fully saturated rings. The molecule has 3 rings (SSSR count). The van der Waals surface area contributed by atoms with Crippen molar-refractivity contribution in [3.63, 3.8) is 0 Å². The van der Waals surface area contributed by atoms with Crippen molar-refractivity contribution in [2.45, 2.75) is 71.3 Å². The lowest BCUT2D eigenvalue weighted by molar-refractivity contribution is -0.152. The third-order valence-corrected chi connectivity index (χ3v) is 6.69. The van der Waals surface area contributed by atoms with Crippen LogP contribution in [0.4, 0.5) is 0 Å². The van der Waals surface area contributed by atoms with Crippen LogP contribution in [0.5, 0.6) is 0 Å². The van der Waals surface area contributed by atoms with Crippen LogP contribution >= 0.6 is 0 Å². The van der Waals surface area contributed by atoms with E-state index in [2.05, 4.69) is 24.1 Å². The molecule has 1 aliphatic carbocycles. The molecule has 0 aromatic heterocycles. The van der Waals surface area contributed by atoms with Gasteiger partial charge in [-0.15, -0.1) is 0 Å².